The number of carbonyl (C=O) groups excluding carboxylic acids is 2. The van der Waals surface area contributed by atoms with Gasteiger partial charge in [0, 0.05) is 38.1 Å². The number of nitrogens with one attached hydrogen (secondary N) is 1. The van der Waals surface area contributed by atoms with E-state index in [1.807, 2.05) is 35.2 Å². The normalized spacial score (nSPS) is 21.7. The number of carbonyl (C=O) groups is 2. The minimum atomic E-state index is -0.489. The van der Waals surface area contributed by atoms with E-state index in [1.54, 1.807) is 19.2 Å². The molecule has 2 fully saturated rings. The molecule has 2 aliphatic heterocycles. The minimum Gasteiger partial charge on any atom is -0.497 e. The van der Waals surface area contributed by atoms with Gasteiger partial charge in [-0.15, -0.1) is 0 Å². The van der Waals surface area contributed by atoms with Crippen molar-refractivity contribution in [1.82, 2.24) is 10.2 Å². The summed E-state index contributed by atoms with van der Waals surface area (Å²) in [6.07, 6.45) is 3.43. The topological polar surface area (TPSA) is 67.9 Å². The van der Waals surface area contributed by atoms with Gasteiger partial charge in [-0.25, -0.2) is 4.39 Å². The van der Waals surface area contributed by atoms with Gasteiger partial charge in [-0.2, -0.15) is 0 Å². The van der Waals surface area contributed by atoms with E-state index < -0.39 is 11.3 Å². The SMILES string of the molecule is CCCCN1C(=O)CC(C(=O)NCC2(c3cccc(F)c3)CCOCC2)C1c1ccc(OC)cc1. The number of hydrogen-bond acceptors (Lipinski definition) is 4. The van der Waals surface area contributed by atoms with E-state index in [0.717, 1.165) is 29.7 Å². The van der Waals surface area contributed by atoms with E-state index in [2.05, 4.69) is 12.2 Å². The molecule has 0 aromatic heterocycles. The highest BCUT2D eigenvalue weighted by Gasteiger charge is 2.45. The van der Waals surface area contributed by atoms with Crippen LogP contribution in [-0.4, -0.2) is 50.1 Å². The van der Waals surface area contributed by atoms with Crippen LogP contribution in [0.5, 0.6) is 5.75 Å². The van der Waals surface area contributed by atoms with E-state index in [1.165, 1.54) is 6.07 Å². The number of likely N-dealkylation sites (tertiary alicyclic amines) is 1. The van der Waals surface area contributed by atoms with Crippen LogP contribution in [0.1, 0.15) is 56.2 Å². The van der Waals surface area contributed by atoms with Gasteiger partial charge in [-0.05, 0) is 54.7 Å². The maximum Gasteiger partial charge on any atom is 0.226 e. The van der Waals surface area contributed by atoms with Crippen molar-refractivity contribution in [2.45, 2.75) is 50.5 Å². The summed E-state index contributed by atoms with van der Waals surface area (Å²) in [6.45, 7) is 4.22. The fraction of sp³-hybridized carbons (Fsp3) is 0.500. The maximum absolute atomic E-state index is 14.0. The Hall–Kier alpha value is -2.93. The molecule has 2 atom stereocenters. The second kappa shape index (κ2) is 11.2. The Kier molecular flexibility index (Phi) is 8.06. The lowest BCUT2D eigenvalue weighted by Crippen LogP contribution is -2.46. The molecule has 0 aliphatic carbocycles. The van der Waals surface area contributed by atoms with Gasteiger partial charge in [0.2, 0.25) is 11.8 Å². The Morgan fingerprint density at radius 1 is 1.20 bits per heavy atom. The Morgan fingerprint density at radius 3 is 2.60 bits per heavy atom. The molecular formula is C28H35FN2O4. The molecule has 2 saturated heterocycles. The average molecular weight is 483 g/mol. The molecule has 7 heteroatoms. The van der Waals surface area contributed by atoms with Gasteiger partial charge in [0.05, 0.1) is 19.1 Å². The second-order valence-electron chi connectivity index (χ2n) is 9.59. The first kappa shape index (κ1) is 25.2. The van der Waals surface area contributed by atoms with Crippen molar-refractivity contribution < 1.29 is 23.5 Å². The molecule has 35 heavy (non-hydrogen) atoms. The highest BCUT2D eigenvalue weighted by Crippen LogP contribution is 2.40. The Morgan fingerprint density at radius 2 is 1.94 bits per heavy atom. The number of benzene rings is 2. The van der Waals surface area contributed by atoms with Crippen LogP contribution in [-0.2, 0) is 19.7 Å². The molecule has 4 rings (SSSR count). The summed E-state index contributed by atoms with van der Waals surface area (Å²) in [6, 6.07) is 13.9. The van der Waals surface area contributed by atoms with Crippen LogP contribution in [0, 0.1) is 11.7 Å². The Bertz CT molecular complexity index is 1020. The molecule has 2 heterocycles. The molecule has 2 aromatic rings. The summed E-state index contributed by atoms with van der Waals surface area (Å²) in [5.74, 6) is -0.175. The van der Waals surface area contributed by atoms with E-state index >= 15 is 0 Å². The first-order valence-corrected chi connectivity index (χ1v) is 12.5. The van der Waals surface area contributed by atoms with Crippen molar-refractivity contribution in [3.63, 3.8) is 0 Å². The third kappa shape index (κ3) is 5.50. The lowest BCUT2D eigenvalue weighted by Gasteiger charge is -2.38. The lowest BCUT2D eigenvalue weighted by molar-refractivity contribution is -0.129. The van der Waals surface area contributed by atoms with Crippen molar-refractivity contribution in [2.75, 3.05) is 33.4 Å². The van der Waals surface area contributed by atoms with Crippen molar-refractivity contribution in [1.29, 1.82) is 0 Å². The van der Waals surface area contributed by atoms with E-state index in [-0.39, 0.29) is 30.1 Å². The second-order valence-corrected chi connectivity index (χ2v) is 9.59. The molecule has 0 bridgehead atoms. The summed E-state index contributed by atoms with van der Waals surface area (Å²) in [5.41, 5.74) is 1.41. The number of nitrogens with zero attached hydrogens (tertiary/aromatic N) is 1. The van der Waals surface area contributed by atoms with Gasteiger partial charge in [-0.1, -0.05) is 37.6 Å². The zero-order valence-electron chi connectivity index (χ0n) is 20.6. The molecule has 2 amide bonds. The van der Waals surface area contributed by atoms with Gasteiger partial charge in [0.1, 0.15) is 11.6 Å². The molecular weight excluding hydrogens is 447 g/mol. The third-order valence-electron chi connectivity index (χ3n) is 7.47. The molecule has 0 saturated carbocycles. The van der Waals surface area contributed by atoms with Crippen LogP contribution in [0.25, 0.3) is 0 Å². The molecule has 188 valence electrons. The molecule has 6 nitrogen and oxygen atoms in total. The highest BCUT2D eigenvalue weighted by atomic mass is 19.1. The molecule has 2 unspecified atom stereocenters. The van der Waals surface area contributed by atoms with Crippen LogP contribution in [0.15, 0.2) is 48.5 Å². The van der Waals surface area contributed by atoms with Crippen molar-refractivity contribution in [3.05, 3.63) is 65.5 Å². The van der Waals surface area contributed by atoms with E-state index in [9.17, 15) is 14.0 Å². The number of ether oxygens (including phenoxy) is 2. The fourth-order valence-corrected chi connectivity index (χ4v) is 5.37. The van der Waals surface area contributed by atoms with Gasteiger partial charge < -0.3 is 19.7 Å². The van der Waals surface area contributed by atoms with E-state index in [0.29, 0.717) is 39.1 Å². The molecule has 2 aliphatic rings. The van der Waals surface area contributed by atoms with Crippen LogP contribution in [0.2, 0.25) is 0 Å². The average Bonchev–Trinajstić information content (AvgIpc) is 3.22. The van der Waals surface area contributed by atoms with E-state index in [4.69, 9.17) is 9.47 Å². The molecule has 0 radical (unpaired) electrons. The molecule has 2 aromatic carbocycles. The predicted molar refractivity (Wildman–Crippen MR) is 132 cm³/mol. The summed E-state index contributed by atoms with van der Waals surface area (Å²) in [5, 5.41) is 3.15. The number of amides is 2. The monoisotopic (exact) mass is 482 g/mol. The Balaban J connectivity index is 1.56. The summed E-state index contributed by atoms with van der Waals surface area (Å²) < 4.78 is 24.9. The largest absolute Gasteiger partial charge is 0.497 e. The lowest BCUT2D eigenvalue weighted by atomic mass is 9.74. The molecule has 1 N–H and O–H groups in total. The van der Waals surface area contributed by atoms with Crippen molar-refractivity contribution in [3.8, 4) is 5.75 Å². The van der Waals surface area contributed by atoms with Gasteiger partial charge >= 0.3 is 0 Å². The van der Waals surface area contributed by atoms with Crippen molar-refractivity contribution in [2.24, 2.45) is 5.92 Å². The third-order valence-corrected chi connectivity index (χ3v) is 7.47. The predicted octanol–water partition coefficient (Wildman–Crippen LogP) is 4.39. The van der Waals surface area contributed by atoms with Gasteiger partial charge in [-0.3, -0.25) is 9.59 Å². The first-order chi connectivity index (χ1) is 17.0. The quantitative estimate of drug-likeness (QED) is 0.576. The summed E-state index contributed by atoms with van der Waals surface area (Å²) in [7, 11) is 1.61. The standard InChI is InChI=1S/C28H35FN2O4/c1-3-4-14-31-25(32)18-24(26(31)20-8-10-23(34-2)11-9-20)27(33)30-19-28(12-15-35-16-13-28)21-6-5-7-22(29)17-21/h5-11,17,24,26H,3-4,12-16,18-19H2,1-2H3,(H,30,33). The maximum atomic E-state index is 14.0. The van der Waals surface area contributed by atoms with Crippen LogP contribution in [0.3, 0.4) is 0 Å². The smallest absolute Gasteiger partial charge is 0.226 e. The zero-order valence-corrected chi connectivity index (χ0v) is 20.6. The summed E-state index contributed by atoms with van der Waals surface area (Å²) in [4.78, 5) is 28.4. The number of hydrogen-bond donors (Lipinski definition) is 1. The van der Waals surface area contributed by atoms with Crippen molar-refractivity contribution >= 4 is 11.8 Å². The minimum absolute atomic E-state index is 0.00493. The van der Waals surface area contributed by atoms with Crippen LogP contribution >= 0.6 is 0 Å². The zero-order chi connectivity index (χ0) is 24.8. The number of unbranched alkanes of at least 4 members (excludes halogenated alkanes) is 1. The fourth-order valence-electron chi connectivity index (χ4n) is 5.37. The van der Waals surface area contributed by atoms with Gasteiger partial charge in [0.15, 0.2) is 0 Å². The van der Waals surface area contributed by atoms with Crippen LogP contribution < -0.4 is 10.1 Å². The Labute approximate surface area is 206 Å². The highest BCUT2D eigenvalue weighted by molar-refractivity contribution is 5.90. The number of methoxy groups -OCH3 is 1. The number of halogens is 1. The van der Waals surface area contributed by atoms with Crippen LogP contribution in [0.4, 0.5) is 4.39 Å². The first-order valence-electron chi connectivity index (χ1n) is 12.5. The van der Waals surface area contributed by atoms with Gasteiger partial charge in [0.25, 0.3) is 0 Å². The summed E-state index contributed by atoms with van der Waals surface area (Å²) >= 11 is 0. The number of rotatable bonds is 9. The molecule has 0 spiro atoms.